The van der Waals surface area contributed by atoms with Crippen LogP contribution in [-0.2, 0) is 15.1 Å². The van der Waals surface area contributed by atoms with Crippen LogP contribution >= 0.6 is 0 Å². The molecular formula is C19H23N3O4. The average molecular weight is 357 g/mol. The van der Waals surface area contributed by atoms with Crippen LogP contribution in [0, 0.1) is 0 Å². The van der Waals surface area contributed by atoms with Crippen molar-refractivity contribution in [2.45, 2.75) is 44.2 Å². The summed E-state index contributed by atoms with van der Waals surface area (Å²) in [5.74, 6) is 0.0750. The van der Waals surface area contributed by atoms with Gasteiger partial charge < -0.3 is 15.0 Å². The van der Waals surface area contributed by atoms with Crippen molar-refractivity contribution in [2.75, 3.05) is 19.7 Å². The zero-order chi connectivity index (χ0) is 18.3. The Balaban J connectivity index is 1.63. The van der Waals surface area contributed by atoms with Gasteiger partial charge in [-0.25, -0.2) is 9.69 Å². The molecule has 2 saturated heterocycles. The van der Waals surface area contributed by atoms with E-state index in [9.17, 15) is 14.4 Å². The van der Waals surface area contributed by atoms with E-state index in [0.717, 1.165) is 24.2 Å². The van der Waals surface area contributed by atoms with E-state index in [4.69, 9.17) is 4.74 Å². The van der Waals surface area contributed by atoms with E-state index < -0.39 is 17.6 Å². The van der Waals surface area contributed by atoms with Gasteiger partial charge in [0.1, 0.15) is 11.8 Å². The quantitative estimate of drug-likeness (QED) is 0.816. The van der Waals surface area contributed by atoms with Gasteiger partial charge in [-0.15, -0.1) is 0 Å². The van der Waals surface area contributed by atoms with Crippen LogP contribution in [0.5, 0.6) is 5.75 Å². The van der Waals surface area contributed by atoms with Gasteiger partial charge in [-0.05, 0) is 32.3 Å². The number of piperidine rings is 1. The van der Waals surface area contributed by atoms with Gasteiger partial charge in [0.25, 0.3) is 5.91 Å². The maximum atomic E-state index is 13.3. The van der Waals surface area contributed by atoms with Crippen LogP contribution in [0.25, 0.3) is 0 Å². The maximum Gasteiger partial charge on any atom is 0.326 e. The molecule has 0 saturated carbocycles. The highest BCUT2D eigenvalue weighted by molar-refractivity contribution is 6.10. The zero-order valence-electron chi connectivity index (χ0n) is 14.9. The molecule has 3 aliphatic rings. The molecule has 3 aliphatic heterocycles. The summed E-state index contributed by atoms with van der Waals surface area (Å²) in [5.41, 5.74) is -0.479. The standard InChI is InChI=1S/C19H23N3O4/c1-13(16(23)21-10-5-2-6-11-21)22-17(24)19(20-18(22)25)9-12-26-15-8-4-3-7-14(15)19/h3-4,7-8,13H,2,5-6,9-12H2,1H3,(H,20,25)/t13-,19-/m0/s1. The molecule has 0 aliphatic carbocycles. The molecule has 0 radical (unpaired) electrons. The highest BCUT2D eigenvalue weighted by Crippen LogP contribution is 2.41. The number of hydrogen-bond acceptors (Lipinski definition) is 4. The first-order valence-corrected chi connectivity index (χ1v) is 9.21. The highest BCUT2D eigenvalue weighted by atomic mass is 16.5. The Kier molecular flexibility index (Phi) is 4.09. The SMILES string of the molecule is C[C@@H](C(=O)N1CCCCC1)N1C(=O)N[C@]2(CCOc3ccccc32)C1=O. The second-order valence-corrected chi connectivity index (χ2v) is 7.17. The number of urea groups is 1. The van der Waals surface area contributed by atoms with Gasteiger partial charge in [0.2, 0.25) is 5.91 Å². The molecule has 2 fully saturated rings. The zero-order valence-corrected chi connectivity index (χ0v) is 14.9. The Bertz CT molecular complexity index is 759. The largest absolute Gasteiger partial charge is 0.493 e. The number of ether oxygens (including phenoxy) is 1. The second kappa shape index (κ2) is 6.30. The normalized spacial score (nSPS) is 26.3. The molecule has 138 valence electrons. The van der Waals surface area contributed by atoms with Crippen LogP contribution in [-0.4, -0.2) is 53.4 Å². The average Bonchev–Trinajstić information content (AvgIpc) is 2.92. The molecule has 7 heteroatoms. The van der Waals surface area contributed by atoms with Crippen molar-refractivity contribution < 1.29 is 19.1 Å². The summed E-state index contributed by atoms with van der Waals surface area (Å²) in [7, 11) is 0. The molecule has 0 unspecified atom stereocenters. The molecule has 2 atom stereocenters. The summed E-state index contributed by atoms with van der Waals surface area (Å²) in [6.07, 6.45) is 3.40. The van der Waals surface area contributed by atoms with E-state index in [1.807, 2.05) is 12.1 Å². The monoisotopic (exact) mass is 357 g/mol. The first-order chi connectivity index (χ1) is 12.5. The second-order valence-electron chi connectivity index (χ2n) is 7.17. The van der Waals surface area contributed by atoms with Crippen molar-refractivity contribution in [3.63, 3.8) is 0 Å². The van der Waals surface area contributed by atoms with E-state index in [-0.39, 0.29) is 11.8 Å². The van der Waals surface area contributed by atoms with Crippen LogP contribution in [0.2, 0.25) is 0 Å². The smallest absolute Gasteiger partial charge is 0.326 e. The number of carbonyl (C=O) groups is 3. The van der Waals surface area contributed by atoms with E-state index in [2.05, 4.69) is 5.32 Å². The number of para-hydroxylation sites is 1. The van der Waals surface area contributed by atoms with E-state index in [0.29, 0.717) is 37.4 Å². The van der Waals surface area contributed by atoms with E-state index in [1.54, 1.807) is 24.0 Å². The molecule has 4 amide bonds. The Labute approximate surface area is 152 Å². The molecular weight excluding hydrogens is 334 g/mol. The van der Waals surface area contributed by atoms with Gasteiger partial charge >= 0.3 is 6.03 Å². The minimum absolute atomic E-state index is 0.161. The lowest BCUT2D eigenvalue weighted by molar-refractivity contribution is -0.144. The van der Waals surface area contributed by atoms with Crippen molar-refractivity contribution >= 4 is 17.8 Å². The van der Waals surface area contributed by atoms with Gasteiger partial charge in [0, 0.05) is 25.1 Å². The van der Waals surface area contributed by atoms with Crippen LogP contribution in [0.4, 0.5) is 4.79 Å². The van der Waals surface area contributed by atoms with E-state index >= 15 is 0 Å². The lowest BCUT2D eigenvalue weighted by Gasteiger charge is -2.34. The molecule has 0 aromatic heterocycles. The van der Waals surface area contributed by atoms with Crippen LogP contribution < -0.4 is 10.1 Å². The molecule has 26 heavy (non-hydrogen) atoms. The molecule has 3 heterocycles. The Hall–Kier alpha value is -2.57. The van der Waals surface area contributed by atoms with Crippen molar-refractivity contribution in [2.24, 2.45) is 0 Å². The number of amides is 4. The Morgan fingerprint density at radius 1 is 1.19 bits per heavy atom. The van der Waals surface area contributed by atoms with Crippen LogP contribution in [0.3, 0.4) is 0 Å². The number of imide groups is 1. The van der Waals surface area contributed by atoms with Crippen molar-refractivity contribution in [1.82, 2.24) is 15.1 Å². The Morgan fingerprint density at radius 3 is 2.69 bits per heavy atom. The molecule has 1 aromatic rings. The molecule has 1 N–H and O–H groups in total. The Morgan fingerprint density at radius 2 is 1.92 bits per heavy atom. The molecule has 1 aromatic carbocycles. The van der Waals surface area contributed by atoms with Crippen molar-refractivity contribution in [3.05, 3.63) is 29.8 Å². The number of nitrogens with zero attached hydrogens (tertiary/aromatic N) is 2. The van der Waals surface area contributed by atoms with Crippen LogP contribution in [0.1, 0.15) is 38.2 Å². The predicted octanol–water partition coefficient (Wildman–Crippen LogP) is 1.62. The summed E-state index contributed by atoms with van der Waals surface area (Å²) in [6, 6.07) is 5.92. The third-order valence-electron chi connectivity index (χ3n) is 5.62. The number of likely N-dealkylation sites (tertiary alicyclic amines) is 1. The maximum absolute atomic E-state index is 13.3. The van der Waals surface area contributed by atoms with E-state index in [1.165, 1.54) is 0 Å². The van der Waals surface area contributed by atoms with Crippen molar-refractivity contribution in [1.29, 1.82) is 0 Å². The summed E-state index contributed by atoms with van der Waals surface area (Å²) in [6.45, 7) is 3.35. The number of hydrogen-bond donors (Lipinski definition) is 1. The fourth-order valence-electron chi connectivity index (χ4n) is 4.18. The third kappa shape index (κ3) is 2.45. The fourth-order valence-corrected chi connectivity index (χ4v) is 4.18. The van der Waals surface area contributed by atoms with Gasteiger partial charge in [0.05, 0.1) is 6.61 Å². The number of carbonyl (C=O) groups excluding carboxylic acids is 3. The number of rotatable bonds is 2. The first-order valence-electron chi connectivity index (χ1n) is 9.21. The topological polar surface area (TPSA) is 79.0 Å². The molecule has 4 rings (SSSR count). The summed E-state index contributed by atoms with van der Waals surface area (Å²) >= 11 is 0. The molecule has 1 spiro atoms. The minimum atomic E-state index is -1.14. The van der Waals surface area contributed by atoms with Gasteiger partial charge in [-0.1, -0.05) is 18.2 Å². The van der Waals surface area contributed by atoms with Crippen LogP contribution in [0.15, 0.2) is 24.3 Å². The molecule has 7 nitrogen and oxygen atoms in total. The summed E-state index contributed by atoms with van der Waals surface area (Å²) in [5, 5.41) is 2.85. The highest BCUT2D eigenvalue weighted by Gasteiger charge is 2.57. The third-order valence-corrected chi connectivity index (χ3v) is 5.62. The lowest BCUT2D eigenvalue weighted by atomic mass is 9.84. The summed E-state index contributed by atoms with van der Waals surface area (Å²) < 4.78 is 5.63. The summed E-state index contributed by atoms with van der Waals surface area (Å²) in [4.78, 5) is 41.7. The van der Waals surface area contributed by atoms with Crippen molar-refractivity contribution in [3.8, 4) is 5.75 Å². The minimum Gasteiger partial charge on any atom is -0.493 e. The van der Waals surface area contributed by atoms with Gasteiger partial charge in [-0.3, -0.25) is 9.59 Å². The lowest BCUT2D eigenvalue weighted by Crippen LogP contribution is -2.52. The fraction of sp³-hybridized carbons (Fsp3) is 0.526. The molecule has 0 bridgehead atoms. The van der Waals surface area contributed by atoms with Gasteiger partial charge in [0.15, 0.2) is 5.54 Å². The number of benzene rings is 1. The number of nitrogens with one attached hydrogen (secondary N) is 1. The first kappa shape index (κ1) is 16.9. The number of fused-ring (bicyclic) bond motifs is 2. The predicted molar refractivity (Wildman–Crippen MR) is 93.5 cm³/mol. The van der Waals surface area contributed by atoms with Gasteiger partial charge in [-0.2, -0.15) is 0 Å².